The molecule has 1 saturated carbocycles. The van der Waals surface area contributed by atoms with E-state index in [2.05, 4.69) is 0 Å². The maximum absolute atomic E-state index is 14.9. The lowest BCUT2D eigenvalue weighted by atomic mass is 9.89. The number of hydrogen-bond acceptors (Lipinski definition) is 3. The number of anilines is 1. The number of rotatable bonds is 4. The number of methoxy groups -OCH3 is 1. The molecular weight excluding hydrogens is 360 g/mol. The Balaban J connectivity index is 2.27. The second-order valence-corrected chi connectivity index (χ2v) is 6.51. The molecule has 6 heteroatoms. The van der Waals surface area contributed by atoms with Crippen molar-refractivity contribution in [1.29, 1.82) is 0 Å². The molecule has 0 amide bonds. The molecule has 0 spiro atoms. The Kier molecular flexibility index (Phi) is 5.18. The van der Waals surface area contributed by atoms with E-state index in [1.165, 1.54) is 25.3 Å². The average molecular weight is 378 g/mol. The van der Waals surface area contributed by atoms with Gasteiger partial charge in [0.15, 0.2) is 11.6 Å². The minimum atomic E-state index is -0.862. The van der Waals surface area contributed by atoms with E-state index in [0.29, 0.717) is 10.6 Å². The molecule has 26 heavy (non-hydrogen) atoms. The first kappa shape index (κ1) is 18.3. The minimum absolute atomic E-state index is 0.00206. The fourth-order valence-electron chi connectivity index (χ4n) is 2.85. The number of allylic oxidation sites excluding steroid dienone is 2. The highest BCUT2D eigenvalue weighted by molar-refractivity contribution is 6.31. The Morgan fingerprint density at radius 3 is 2.54 bits per heavy atom. The Labute approximate surface area is 155 Å². The lowest BCUT2D eigenvalue weighted by Crippen LogP contribution is -2.05. The lowest BCUT2D eigenvalue weighted by Gasteiger charge is -2.19. The van der Waals surface area contributed by atoms with Gasteiger partial charge in [0.25, 0.3) is 0 Å². The number of nitrogens with two attached hydrogens (primary N) is 1. The zero-order valence-corrected chi connectivity index (χ0v) is 14.9. The van der Waals surface area contributed by atoms with Gasteiger partial charge in [-0.15, -0.1) is 0 Å². The van der Waals surface area contributed by atoms with Gasteiger partial charge in [-0.1, -0.05) is 17.7 Å². The minimum Gasteiger partial charge on any atom is -0.508 e. The van der Waals surface area contributed by atoms with Crippen LogP contribution in [0.2, 0.25) is 5.02 Å². The van der Waals surface area contributed by atoms with Gasteiger partial charge >= 0.3 is 0 Å². The molecule has 1 aliphatic carbocycles. The maximum atomic E-state index is 14.9. The summed E-state index contributed by atoms with van der Waals surface area (Å²) in [7, 11) is 1.30. The van der Waals surface area contributed by atoms with E-state index in [0.717, 1.165) is 30.9 Å². The van der Waals surface area contributed by atoms with E-state index in [4.69, 9.17) is 22.1 Å². The van der Waals surface area contributed by atoms with Crippen LogP contribution >= 0.6 is 11.6 Å². The van der Waals surface area contributed by atoms with E-state index in [1.54, 1.807) is 12.1 Å². The van der Waals surface area contributed by atoms with Gasteiger partial charge in [0, 0.05) is 21.8 Å². The first-order valence-electron chi connectivity index (χ1n) is 8.12. The molecule has 0 aromatic heterocycles. The Morgan fingerprint density at radius 2 is 1.96 bits per heavy atom. The summed E-state index contributed by atoms with van der Waals surface area (Å²) < 4.78 is 34.4. The number of benzene rings is 2. The summed E-state index contributed by atoms with van der Waals surface area (Å²) in [4.78, 5) is 0. The quantitative estimate of drug-likeness (QED) is 0.535. The van der Waals surface area contributed by atoms with Gasteiger partial charge in [0.2, 0.25) is 0 Å². The van der Waals surface area contributed by atoms with Crippen molar-refractivity contribution < 1.29 is 18.6 Å². The van der Waals surface area contributed by atoms with Gasteiger partial charge in [-0.2, -0.15) is 0 Å². The number of ether oxygens (including phenoxy) is 1. The third kappa shape index (κ3) is 3.40. The summed E-state index contributed by atoms with van der Waals surface area (Å²) >= 11 is 5.94. The van der Waals surface area contributed by atoms with Crippen LogP contribution in [0.15, 0.2) is 47.7 Å². The second kappa shape index (κ2) is 7.38. The van der Waals surface area contributed by atoms with Crippen molar-refractivity contribution in [2.24, 2.45) is 0 Å². The molecule has 3 N–H and O–H groups in total. The summed E-state index contributed by atoms with van der Waals surface area (Å²) in [5.74, 6) is -1.74. The van der Waals surface area contributed by atoms with Crippen LogP contribution in [0.25, 0.3) is 5.57 Å². The van der Waals surface area contributed by atoms with Crippen molar-refractivity contribution in [3.05, 3.63) is 75.5 Å². The summed E-state index contributed by atoms with van der Waals surface area (Å²) in [6, 6.07) is 6.96. The molecule has 3 rings (SSSR count). The van der Waals surface area contributed by atoms with Gasteiger partial charge < -0.3 is 15.6 Å². The lowest BCUT2D eigenvalue weighted by molar-refractivity contribution is 0.383. The molecule has 3 nitrogen and oxygen atoms in total. The molecule has 0 atom stereocenters. The highest BCUT2D eigenvalue weighted by atomic mass is 35.5. The van der Waals surface area contributed by atoms with Gasteiger partial charge in [0.1, 0.15) is 11.6 Å². The van der Waals surface area contributed by atoms with Crippen LogP contribution in [0.5, 0.6) is 5.75 Å². The molecule has 1 fully saturated rings. The van der Waals surface area contributed by atoms with E-state index < -0.39 is 11.6 Å². The maximum Gasteiger partial charge on any atom is 0.175 e. The fraction of sp³-hybridized carbons (Fsp3) is 0.200. The van der Waals surface area contributed by atoms with Gasteiger partial charge in [-0.25, -0.2) is 8.78 Å². The van der Waals surface area contributed by atoms with Crippen LogP contribution in [0.1, 0.15) is 30.4 Å². The molecule has 2 aromatic carbocycles. The molecule has 1 aliphatic rings. The largest absolute Gasteiger partial charge is 0.508 e. The number of hydrogen-bond donors (Lipinski definition) is 2. The molecule has 136 valence electrons. The van der Waals surface area contributed by atoms with Gasteiger partial charge in [-0.05, 0) is 55.2 Å². The third-order valence-corrected chi connectivity index (χ3v) is 4.68. The number of aliphatic hydroxyl groups is 1. The SMILES string of the molecule is COc1ccc(F)c(/C(=C\C(O)=C2CCC2)c2ccc(Cl)cc2N)c1F. The number of halogens is 3. The number of nitrogen functional groups attached to an aromatic ring is 1. The highest BCUT2D eigenvalue weighted by Gasteiger charge is 2.22. The van der Waals surface area contributed by atoms with E-state index in [9.17, 15) is 13.9 Å². The van der Waals surface area contributed by atoms with Crippen LogP contribution in [-0.4, -0.2) is 12.2 Å². The topological polar surface area (TPSA) is 55.5 Å². The summed E-state index contributed by atoms with van der Waals surface area (Å²) in [5, 5.41) is 10.8. The van der Waals surface area contributed by atoms with Gasteiger partial charge in [-0.3, -0.25) is 0 Å². The Bertz CT molecular complexity index is 916. The summed E-state index contributed by atoms with van der Waals surface area (Å²) in [6.45, 7) is 0. The molecule has 0 aliphatic heterocycles. The molecule has 0 bridgehead atoms. The smallest absolute Gasteiger partial charge is 0.175 e. The van der Waals surface area contributed by atoms with Crippen LogP contribution in [0, 0.1) is 11.6 Å². The molecule has 0 heterocycles. The van der Waals surface area contributed by atoms with Crippen molar-refractivity contribution in [3.8, 4) is 5.75 Å². The standard InChI is InChI=1S/C20H18ClF2NO2/c1-26-18-8-7-15(22)19(20(18)23)14(10-17(25)11-3-2-4-11)13-6-5-12(21)9-16(13)24/h5-10,25H,2-4,24H2,1H3/b14-10-. The first-order valence-corrected chi connectivity index (χ1v) is 8.50. The third-order valence-electron chi connectivity index (χ3n) is 4.45. The average Bonchev–Trinajstić information content (AvgIpc) is 2.52. The zero-order chi connectivity index (χ0) is 18.8. The first-order chi connectivity index (χ1) is 12.4. The van der Waals surface area contributed by atoms with Crippen molar-refractivity contribution in [1.82, 2.24) is 0 Å². The predicted octanol–water partition coefficient (Wildman–Crippen LogP) is 5.64. The molecule has 0 radical (unpaired) electrons. The summed E-state index contributed by atoms with van der Waals surface area (Å²) in [6.07, 6.45) is 3.85. The van der Waals surface area contributed by atoms with Gasteiger partial charge in [0.05, 0.1) is 12.7 Å². The molecule has 2 aromatic rings. The van der Waals surface area contributed by atoms with Crippen molar-refractivity contribution >= 4 is 22.9 Å². The van der Waals surface area contributed by atoms with Crippen molar-refractivity contribution in [2.45, 2.75) is 19.3 Å². The highest BCUT2D eigenvalue weighted by Crippen LogP contribution is 2.37. The fourth-order valence-corrected chi connectivity index (χ4v) is 3.03. The van der Waals surface area contributed by atoms with Crippen LogP contribution in [0.4, 0.5) is 14.5 Å². The van der Waals surface area contributed by atoms with Crippen LogP contribution < -0.4 is 10.5 Å². The Hall–Kier alpha value is -2.53. The molecule has 0 saturated heterocycles. The second-order valence-electron chi connectivity index (χ2n) is 6.07. The van der Waals surface area contributed by atoms with Crippen molar-refractivity contribution in [2.75, 3.05) is 12.8 Å². The van der Waals surface area contributed by atoms with Crippen molar-refractivity contribution in [3.63, 3.8) is 0 Å². The molecular formula is C20H18ClF2NO2. The van der Waals surface area contributed by atoms with E-state index in [-0.39, 0.29) is 28.3 Å². The van der Waals surface area contributed by atoms with E-state index >= 15 is 0 Å². The monoisotopic (exact) mass is 377 g/mol. The zero-order valence-electron chi connectivity index (χ0n) is 14.2. The summed E-state index contributed by atoms with van der Waals surface area (Å²) in [5.41, 5.74) is 7.30. The Morgan fingerprint density at radius 1 is 1.23 bits per heavy atom. The normalized spacial score (nSPS) is 14.2. The van der Waals surface area contributed by atoms with E-state index in [1.807, 2.05) is 0 Å². The number of aliphatic hydroxyl groups excluding tert-OH is 1. The molecule has 0 unspecified atom stereocenters. The van der Waals surface area contributed by atoms with Crippen LogP contribution in [0.3, 0.4) is 0 Å². The predicted molar refractivity (Wildman–Crippen MR) is 99.4 cm³/mol. The van der Waals surface area contributed by atoms with Crippen LogP contribution in [-0.2, 0) is 0 Å².